The van der Waals surface area contributed by atoms with Gasteiger partial charge in [-0.2, -0.15) is 0 Å². The van der Waals surface area contributed by atoms with Crippen molar-refractivity contribution in [3.63, 3.8) is 0 Å². The zero-order valence-corrected chi connectivity index (χ0v) is 6.79. The lowest BCUT2D eigenvalue weighted by Crippen LogP contribution is -2.33. The molecule has 2 fully saturated rings. The van der Waals surface area contributed by atoms with Crippen LogP contribution in [0, 0.1) is 11.3 Å². The van der Waals surface area contributed by atoms with Gasteiger partial charge in [0.1, 0.15) is 0 Å². The lowest BCUT2D eigenvalue weighted by Gasteiger charge is -2.25. The summed E-state index contributed by atoms with van der Waals surface area (Å²) in [5.41, 5.74) is 0.175. The highest BCUT2D eigenvalue weighted by Gasteiger charge is 2.48. The minimum absolute atomic E-state index is 0.175. The molecule has 3 N–H and O–H groups in total. The molecule has 0 unspecified atom stereocenters. The highest BCUT2D eigenvalue weighted by atomic mass is 16.3. The van der Waals surface area contributed by atoms with E-state index in [0.29, 0.717) is 12.5 Å². The van der Waals surface area contributed by atoms with Gasteiger partial charge >= 0.3 is 0 Å². The van der Waals surface area contributed by atoms with E-state index in [0.717, 1.165) is 13.1 Å². The van der Waals surface area contributed by atoms with Crippen LogP contribution in [0.25, 0.3) is 0 Å². The number of nitrogens with zero attached hydrogens (tertiary/aromatic N) is 1. The van der Waals surface area contributed by atoms with E-state index in [-0.39, 0.29) is 5.41 Å². The highest BCUT2D eigenvalue weighted by Crippen LogP contribution is 2.47. The summed E-state index contributed by atoms with van der Waals surface area (Å²) in [6.45, 7) is 2.21. The predicted octanol–water partition coefficient (Wildman–Crippen LogP) is -0.0455. The zero-order valence-electron chi connectivity index (χ0n) is 6.79. The van der Waals surface area contributed by atoms with E-state index in [2.05, 4.69) is 0 Å². The Labute approximate surface area is 67.1 Å². The summed E-state index contributed by atoms with van der Waals surface area (Å²) in [5.74, 6) is 6.37. The van der Waals surface area contributed by atoms with Crippen molar-refractivity contribution in [3.8, 4) is 0 Å². The minimum Gasteiger partial charge on any atom is -0.396 e. The van der Waals surface area contributed by atoms with Gasteiger partial charge in [0, 0.05) is 18.5 Å². The number of hydrazine groups is 1. The van der Waals surface area contributed by atoms with Crippen LogP contribution in [-0.4, -0.2) is 29.8 Å². The average Bonchev–Trinajstić information content (AvgIpc) is 2.43. The molecule has 0 spiro atoms. The molecule has 1 saturated carbocycles. The molecule has 2 atom stereocenters. The summed E-state index contributed by atoms with van der Waals surface area (Å²) in [6.07, 6.45) is 3.70. The van der Waals surface area contributed by atoms with E-state index in [1.54, 1.807) is 0 Å². The van der Waals surface area contributed by atoms with Crippen molar-refractivity contribution in [3.05, 3.63) is 0 Å². The fraction of sp³-hybridized carbons (Fsp3) is 1.00. The molecule has 0 bridgehead atoms. The van der Waals surface area contributed by atoms with E-state index < -0.39 is 0 Å². The first-order chi connectivity index (χ1) is 5.27. The normalized spacial score (nSPS) is 44.7. The Balaban J connectivity index is 2.15. The standard InChI is InChI=1S/C8H16N2O/c9-10-4-7-2-1-3-8(7,5-10)6-11/h7,11H,1-6,9H2/t7-,8+/m1/s1. The second kappa shape index (κ2) is 2.44. The van der Waals surface area contributed by atoms with Gasteiger partial charge in [0.25, 0.3) is 0 Å². The molecule has 1 heterocycles. The Morgan fingerprint density at radius 2 is 2.45 bits per heavy atom. The molecule has 0 radical (unpaired) electrons. The largest absolute Gasteiger partial charge is 0.396 e. The Bertz CT molecular complexity index is 162. The van der Waals surface area contributed by atoms with Crippen LogP contribution >= 0.6 is 0 Å². The van der Waals surface area contributed by atoms with Gasteiger partial charge < -0.3 is 5.11 Å². The molecule has 1 saturated heterocycles. The van der Waals surface area contributed by atoms with Gasteiger partial charge in [-0.1, -0.05) is 6.42 Å². The highest BCUT2D eigenvalue weighted by molar-refractivity contribution is 4.98. The second-order valence-electron chi connectivity index (χ2n) is 4.04. The Morgan fingerprint density at radius 1 is 1.64 bits per heavy atom. The molecule has 0 amide bonds. The molecule has 3 nitrogen and oxygen atoms in total. The van der Waals surface area contributed by atoms with Gasteiger partial charge in [0.2, 0.25) is 0 Å². The number of aliphatic hydroxyl groups is 1. The number of rotatable bonds is 1. The molecule has 1 aliphatic heterocycles. The summed E-state index contributed by atoms with van der Waals surface area (Å²) in [5, 5.41) is 11.1. The lowest BCUT2D eigenvalue weighted by molar-refractivity contribution is 0.112. The van der Waals surface area contributed by atoms with Crippen LogP contribution in [0.3, 0.4) is 0 Å². The minimum atomic E-state index is 0.175. The topological polar surface area (TPSA) is 49.5 Å². The maximum absolute atomic E-state index is 9.26. The summed E-state index contributed by atoms with van der Waals surface area (Å²) >= 11 is 0. The maximum atomic E-state index is 9.26. The molecular weight excluding hydrogens is 140 g/mol. The van der Waals surface area contributed by atoms with Crippen LogP contribution in [0.15, 0.2) is 0 Å². The van der Waals surface area contributed by atoms with Gasteiger partial charge in [-0.3, -0.25) is 5.84 Å². The third kappa shape index (κ3) is 0.991. The van der Waals surface area contributed by atoms with E-state index in [4.69, 9.17) is 5.84 Å². The van der Waals surface area contributed by atoms with Crippen LogP contribution in [0.4, 0.5) is 0 Å². The van der Waals surface area contributed by atoms with E-state index in [1.165, 1.54) is 19.3 Å². The van der Waals surface area contributed by atoms with Gasteiger partial charge in [-0.25, -0.2) is 5.01 Å². The SMILES string of the molecule is NN1C[C@H]2CCC[C@@]2(CO)C1. The fourth-order valence-electron chi connectivity index (χ4n) is 2.71. The van der Waals surface area contributed by atoms with Crippen molar-refractivity contribution in [2.75, 3.05) is 19.7 Å². The van der Waals surface area contributed by atoms with Gasteiger partial charge in [-0.15, -0.1) is 0 Å². The maximum Gasteiger partial charge on any atom is 0.0503 e. The zero-order chi connectivity index (χ0) is 7.90. The number of fused-ring (bicyclic) bond motifs is 1. The molecule has 11 heavy (non-hydrogen) atoms. The molecule has 2 aliphatic rings. The van der Waals surface area contributed by atoms with Crippen molar-refractivity contribution in [1.29, 1.82) is 0 Å². The second-order valence-corrected chi connectivity index (χ2v) is 4.04. The molecular formula is C8H16N2O. The molecule has 64 valence electrons. The van der Waals surface area contributed by atoms with Crippen molar-refractivity contribution in [2.45, 2.75) is 19.3 Å². The first-order valence-electron chi connectivity index (χ1n) is 4.37. The fourth-order valence-corrected chi connectivity index (χ4v) is 2.71. The third-order valence-electron chi connectivity index (χ3n) is 3.38. The number of nitrogens with two attached hydrogens (primary N) is 1. The molecule has 1 aliphatic carbocycles. The summed E-state index contributed by atoms with van der Waals surface area (Å²) < 4.78 is 0. The first-order valence-corrected chi connectivity index (χ1v) is 4.37. The van der Waals surface area contributed by atoms with E-state index >= 15 is 0 Å². The average molecular weight is 156 g/mol. The van der Waals surface area contributed by atoms with Crippen LogP contribution in [0.2, 0.25) is 0 Å². The summed E-state index contributed by atoms with van der Waals surface area (Å²) in [4.78, 5) is 0. The van der Waals surface area contributed by atoms with Crippen LogP contribution in [0.5, 0.6) is 0 Å². The molecule has 0 aromatic rings. The number of aliphatic hydroxyl groups excluding tert-OH is 1. The van der Waals surface area contributed by atoms with Gasteiger partial charge in [0.15, 0.2) is 0 Å². The third-order valence-corrected chi connectivity index (χ3v) is 3.38. The van der Waals surface area contributed by atoms with Crippen LogP contribution < -0.4 is 5.84 Å². The van der Waals surface area contributed by atoms with E-state index in [1.807, 2.05) is 5.01 Å². The number of hydrogen-bond donors (Lipinski definition) is 2. The first kappa shape index (κ1) is 7.53. The summed E-state index contributed by atoms with van der Waals surface area (Å²) in [7, 11) is 0. The van der Waals surface area contributed by atoms with Crippen molar-refractivity contribution in [2.24, 2.45) is 17.2 Å². The molecule has 3 heteroatoms. The monoisotopic (exact) mass is 156 g/mol. The molecule has 0 aromatic carbocycles. The Kier molecular flexibility index (Phi) is 1.67. The van der Waals surface area contributed by atoms with Crippen molar-refractivity contribution >= 4 is 0 Å². The quantitative estimate of drug-likeness (QED) is 0.523. The lowest BCUT2D eigenvalue weighted by atomic mass is 9.82. The number of hydrogen-bond acceptors (Lipinski definition) is 3. The van der Waals surface area contributed by atoms with Crippen LogP contribution in [0.1, 0.15) is 19.3 Å². The van der Waals surface area contributed by atoms with Crippen molar-refractivity contribution in [1.82, 2.24) is 5.01 Å². The predicted molar refractivity (Wildman–Crippen MR) is 42.6 cm³/mol. The van der Waals surface area contributed by atoms with Gasteiger partial charge in [-0.05, 0) is 18.8 Å². The van der Waals surface area contributed by atoms with E-state index in [9.17, 15) is 5.11 Å². The smallest absolute Gasteiger partial charge is 0.0503 e. The Morgan fingerprint density at radius 3 is 3.09 bits per heavy atom. The molecule has 0 aromatic heterocycles. The molecule has 2 rings (SSSR count). The van der Waals surface area contributed by atoms with Crippen molar-refractivity contribution < 1.29 is 5.11 Å². The Hall–Kier alpha value is -0.120. The summed E-state index contributed by atoms with van der Waals surface area (Å²) in [6, 6.07) is 0. The van der Waals surface area contributed by atoms with Gasteiger partial charge in [0.05, 0.1) is 6.61 Å². The van der Waals surface area contributed by atoms with Crippen LogP contribution in [-0.2, 0) is 0 Å².